The molecule has 0 aromatic carbocycles. The Balaban J connectivity index is 2.84. The highest BCUT2D eigenvalue weighted by Crippen LogP contribution is 2.11. The van der Waals surface area contributed by atoms with Gasteiger partial charge in [-0.15, -0.1) is 0 Å². The van der Waals surface area contributed by atoms with Gasteiger partial charge in [-0.2, -0.15) is 0 Å². The van der Waals surface area contributed by atoms with Crippen LogP contribution in [0.15, 0.2) is 22.8 Å². The van der Waals surface area contributed by atoms with Crippen LogP contribution in [0, 0.1) is 11.8 Å². The SMILES string of the molecule is CC[C@H](C)[C@H](NC(=O)[C@H](CC(C)C)NC(=O)c1ccco1)C(N)=O. The summed E-state index contributed by atoms with van der Waals surface area (Å²) in [7, 11) is 0. The van der Waals surface area contributed by atoms with Gasteiger partial charge < -0.3 is 20.8 Å². The van der Waals surface area contributed by atoms with Crippen LogP contribution in [-0.2, 0) is 9.59 Å². The van der Waals surface area contributed by atoms with Crippen LogP contribution in [0.2, 0.25) is 0 Å². The molecule has 0 fully saturated rings. The van der Waals surface area contributed by atoms with Gasteiger partial charge in [0.2, 0.25) is 11.8 Å². The van der Waals surface area contributed by atoms with Crippen LogP contribution >= 0.6 is 0 Å². The van der Waals surface area contributed by atoms with E-state index in [0.717, 1.165) is 0 Å². The molecule has 3 atom stereocenters. The minimum Gasteiger partial charge on any atom is -0.459 e. The molecule has 4 N–H and O–H groups in total. The van der Waals surface area contributed by atoms with E-state index < -0.39 is 29.8 Å². The number of hydrogen-bond acceptors (Lipinski definition) is 4. The predicted molar refractivity (Wildman–Crippen MR) is 90.0 cm³/mol. The molecule has 0 unspecified atom stereocenters. The average molecular weight is 337 g/mol. The fourth-order valence-electron chi connectivity index (χ4n) is 2.32. The minimum atomic E-state index is -0.770. The summed E-state index contributed by atoms with van der Waals surface area (Å²) in [5.41, 5.74) is 5.39. The molecular formula is C17H27N3O4. The quantitative estimate of drug-likeness (QED) is 0.632. The molecule has 3 amide bonds. The van der Waals surface area contributed by atoms with Crippen molar-refractivity contribution < 1.29 is 18.8 Å². The van der Waals surface area contributed by atoms with Crippen LogP contribution in [0.4, 0.5) is 0 Å². The molecule has 0 radical (unpaired) electrons. The second kappa shape index (κ2) is 9.10. The third-order valence-corrected chi connectivity index (χ3v) is 3.89. The van der Waals surface area contributed by atoms with Crippen LogP contribution in [0.3, 0.4) is 0 Å². The van der Waals surface area contributed by atoms with Gasteiger partial charge in [-0.3, -0.25) is 14.4 Å². The maximum absolute atomic E-state index is 12.6. The summed E-state index contributed by atoms with van der Waals surface area (Å²) in [6.07, 6.45) is 2.52. The van der Waals surface area contributed by atoms with Gasteiger partial charge in [0, 0.05) is 0 Å². The van der Waals surface area contributed by atoms with E-state index in [1.807, 2.05) is 27.7 Å². The standard InChI is InChI=1S/C17H27N3O4/c1-5-11(4)14(15(18)21)20-16(22)12(9-10(2)3)19-17(23)13-7-6-8-24-13/h6-8,10-12,14H,5,9H2,1-4H3,(H2,18,21)(H,19,23)(H,20,22)/t11-,12-,14-/m0/s1. The Labute approximate surface area is 142 Å². The van der Waals surface area contributed by atoms with Crippen molar-refractivity contribution in [1.29, 1.82) is 0 Å². The lowest BCUT2D eigenvalue weighted by molar-refractivity contribution is -0.129. The number of furan rings is 1. The first kappa shape index (κ1) is 19.7. The normalized spacial score (nSPS) is 14.7. The van der Waals surface area contributed by atoms with Crippen molar-refractivity contribution in [3.63, 3.8) is 0 Å². The Hall–Kier alpha value is -2.31. The van der Waals surface area contributed by atoms with Crippen LogP contribution in [0.1, 0.15) is 51.1 Å². The summed E-state index contributed by atoms with van der Waals surface area (Å²) >= 11 is 0. The van der Waals surface area contributed by atoms with Crippen LogP contribution in [0.5, 0.6) is 0 Å². The topological polar surface area (TPSA) is 114 Å². The van der Waals surface area contributed by atoms with Crippen molar-refractivity contribution in [3.05, 3.63) is 24.2 Å². The highest BCUT2D eigenvalue weighted by atomic mass is 16.3. The Morgan fingerprint density at radius 2 is 1.88 bits per heavy atom. The van der Waals surface area contributed by atoms with E-state index in [0.29, 0.717) is 12.8 Å². The van der Waals surface area contributed by atoms with Gasteiger partial charge in [0.05, 0.1) is 6.26 Å². The largest absolute Gasteiger partial charge is 0.459 e. The zero-order valence-corrected chi connectivity index (χ0v) is 14.7. The van der Waals surface area contributed by atoms with Gasteiger partial charge in [-0.05, 0) is 30.4 Å². The van der Waals surface area contributed by atoms with Crippen molar-refractivity contribution in [3.8, 4) is 0 Å². The Morgan fingerprint density at radius 3 is 2.33 bits per heavy atom. The molecule has 1 heterocycles. The highest BCUT2D eigenvalue weighted by Gasteiger charge is 2.29. The number of carbonyl (C=O) groups excluding carboxylic acids is 3. The first-order chi connectivity index (χ1) is 11.3. The Morgan fingerprint density at radius 1 is 1.21 bits per heavy atom. The van der Waals surface area contributed by atoms with E-state index >= 15 is 0 Å². The molecule has 0 aliphatic carbocycles. The minimum absolute atomic E-state index is 0.0908. The number of nitrogens with two attached hydrogens (primary N) is 1. The fraction of sp³-hybridized carbons (Fsp3) is 0.588. The molecular weight excluding hydrogens is 310 g/mol. The summed E-state index contributed by atoms with van der Waals surface area (Å²) < 4.78 is 5.04. The molecule has 1 aromatic rings. The molecule has 134 valence electrons. The van der Waals surface area contributed by atoms with Crippen LogP contribution < -0.4 is 16.4 Å². The van der Waals surface area contributed by atoms with Crippen molar-refractivity contribution in [1.82, 2.24) is 10.6 Å². The van der Waals surface area contributed by atoms with E-state index in [-0.39, 0.29) is 17.6 Å². The number of nitrogens with one attached hydrogen (secondary N) is 2. The van der Waals surface area contributed by atoms with Gasteiger partial charge in [-0.25, -0.2) is 0 Å². The van der Waals surface area contributed by atoms with Gasteiger partial charge in [0.1, 0.15) is 12.1 Å². The molecule has 0 spiro atoms. The third-order valence-electron chi connectivity index (χ3n) is 3.89. The van der Waals surface area contributed by atoms with Crippen LogP contribution in [0.25, 0.3) is 0 Å². The maximum atomic E-state index is 12.6. The van der Waals surface area contributed by atoms with Crippen molar-refractivity contribution in [2.75, 3.05) is 0 Å². The monoisotopic (exact) mass is 337 g/mol. The number of primary amides is 1. The third kappa shape index (κ3) is 5.72. The van der Waals surface area contributed by atoms with Crippen LogP contribution in [-0.4, -0.2) is 29.8 Å². The average Bonchev–Trinajstić information content (AvgIpc) is 3.04. The molecule has 1 rings (SSSR count). The summed E-state index contributed by atoms with van der Waals surface area (Å²) in [5.74, 6) is -1.27. The molecule has 1 aromatic heterocycles. The number of hydrogen-bond donors (Lipinski definition) is 3. The summed E-state index contributed by atoms with van der Waals surface area (Å²) in [6.45, 7) is 7.64. The van der Waals surface area contributed by atoms with E-state index in [2.05, 4.69) is 10.6 Å². The summed E-state index contributed by atoms with van der Waals surface area (Å²) in [5, 5.41) is 5.32. The van der Waals surface area contributed by atoms with E-state index in [1.54, 1.807) is 6.07 Å². The molecule has 0 aliphatic heterocycles. The molecule has 0 aliphatic rings. The van der Waals surface area contributed by atoms with Gasteiger partial charge in [-0.1, -0.05) is 34.1 Å². The lowest BCUT2D eigenvalue weighted by Crippen LogP contribution is -2.55. The summed E-state index contributed by atoms with van der Waals surface area (Å²) in [6, 6.07) is 1.58. The van der Waals surface area contributed by atoms with E-state index in [4.69, 9.17) is 10.2 Å². The molecule has 7 nitrogen and oxygen atoms in total. The fourth-order valence-corrected chi connectivity index (χ4v) is 2.32. The molecule has 24 heavy (non-hydrogen) atoms. The second-order valence-corrected chi connectivity index (χ2v) is 6.41. The smallest absolute Gasteiger partial charge is 0.287 e. The predicted octanol–water partition coefficient (Wildman–Crippen LogP) is 1.44. The first-order valence-electron chi connectivity index (χ1n) is 8.20. The molecule has 7 heteroatoms. The molecule has 0 saturated heterocycles. The lowest BCUT2D eigenvalue weighted by atomic mass is 9.97. The van der Waals surface area contributed by atoms with E-state index in [9.17, 15) is 14.4 Å². The lowest BCUT2D eigenvalue weighted by Gasteiger charge is -2.25. The molecule has 0 bridgehead atoms. The molecule has 0 saturated carbocycles. The first-order valence-corrected chi connectivity index (χ1v) is 8.20. The van der Waals surface area contributed by atoms with Gasteiger partial charge >= 0.3 is 0 Å². The van der Waals surface area contributed by atoms with Crippen molar-refractivity contribution in [2.45, 2.75) is 52.6 Å². The zero-order chi connectivity index (χ0) is 18.3. The zero-order valence-electron chi connectivity index (χ0n) is 14.7. The second-order valence-electron chi connectivity index (χ2n) is 6.41. The number of carbonyl (C=O) groups is 3. The van der Waals surface area contributed by atoms with Gasteiger partial charge in [0.25, 0.3) is 5.91 Å². The maximum Gasteiger partial charge on any atom is 0.287 e. The van der Waals surface area contributed by atoms with Gasteiger partial charge in [0.15, 0.2) is 5.76 Å². The summed E-state index contributed by atoms with van der Waals surface area (Å²) in [4.78, 5) is 36.3. The number of rotatable bonds is 9. The van der Waals surface area contributed by atoms with E-state index in [1.165, 1.54) is 12.3 Å². The van der Waals surface area contributed by atoms with Crippen molar-refractivity contribution in [2.24, 2.45) is 17.6 Å². The number of amides is 3. The Kier molecular flexibility index (Phi) is 7.48. The highest BCUT2D eigenvalue weighted by molar-refractivity contribution is 5.96. The van der Waals surface area contributed by atoms with Crippen molar-refractivity contribution >= 4 is 17.7 Å². The Bertz CT molecular complexity index is 554.